The Labute approximate surface area is 222 Å². The first-order chi connectivity index (χ1) is 18.1. The molecule has 0 aliphatic heterocycles. The van der Waals surface area contributed by atoms with Crippen molar-refractivity contribution in [1.82, 2.24) is 10.3 Å². The molecule has 3 atom stereocenters. The summed E-state index contributed by atoms with van der Waals surface area (Å²) in [5.41, 5.74) is -0.190. The number of fused-ring (bicyclic) bond motifs is 1. The first-order valence-corrected chi connectivity index (χ1v) is 12.5. The monoisotopic (exact) mass is 522 g/mol. The molecule has 38 heavy (non-hydrogen) atoms. The molecule has 0 unspecified atom stereocenters. The topological polar surface area (TPSA) is 113 Å². The van der Waals surface area contributed by atoms with Crippen molar-refractivity contribution in [2.75, 3.05) is 7.11 Å². The lowest BCUT2D eigenvalue weighted by molar-refractivity contribution is -0.155. The number of benzene rings is 2. The zero-order valence-electron chi connectivity index (χ0n) is 22.5. The molecule has 0 aliphatic carbocycles. The van der Waals surface area contributed by atoms with Crippen LogP contribution in [0.25, 0.3) is 10.8 Å². The van der Waals surface area contributed by atoms with Crippen molar-refractivity contribution in [2.45, 2.75) is 59.3 Å². The molecule has 1 aromatic heterocycles. The summed E-state index contributed by atoms with van der Waals surface area (Å²) in [5.74, 6) is -1.00. The Kier molecular flexibility index (Phi) is 9.65. The Bertz CT molecular complexity index is 1290. The van der Waals surface area contributed by atoms with Crippen LogP contribution in [0.1, 0.15) is 51.5 Å². The van der Waals surface area contributed by atoms with Crippen LogP contribution in [0.5, 0.6) is 17.2 Å². The maximum atomic E-state index is 12.9. The van der Waals surface area contributed by atoms with Gasteiger partial charge in [-0.25, -0.2) is 9.78 Å². The SMILES string of the molecule is COc1ccnc(C(=O)N[C@@H](C)C(=O)O[C@@H](C)[C@@H](CC(C)C)Oc2ccc3ccccc3c2)c1OC(C)=O. The molecule has 9 nitrogen and oxygen atoms in total. The predicted molar refractivity (Wildman–Crippen MR) is 142 cm³/mol. The van der Waals surface area contributed by atoms with E-state index in [2.05, 4.69) is 24.1 Å². The number of hydrogen-bond donors (Lipinski definition) is 1. The number of esters is 2. The van der Waals surface area contributed by atoms with E-state index in [9.17, 15) is 14.4 Å². The summed E-state index contributed by atoms with van der Waals surface area (Å²) in [5, 5.41) is 4.71. The largest absolute Gasteiger partial charge is 0.493 e. The molecule has 0 saturated carbocycles. The van der Waals surface area contributed by atoms with Crippen molar-refractivity contribution >= 4 is 28.6 Å². The molecule has 9 heteroatoms. The Hall–Kier alpha value is -4.14. The molecule has 0 radical (unpaired) electrons. The van der Waals surface area contributed by atoms with Crippen molar-refractivity contribution in [1.29, 1.82) is 0 Å². The van der Waals surface area contributed by atoms with Gasteiger partial charge in [0.2, 0.25) is 5.75 Å². The molecular weight excluding hydrogens is 488 g/mol. The van der Waals surface area contributed by atoms with Gasteiger partial charge in [0.15, 0.2) is 11.4 Å². The van der Waals surface area contributed by atoms with Crippen LogP contribution in [0, 0.1) is 5.92 Å². The van der Waals surface area contributed by atoms with Crippen LogP contribution < -0.4 is 19.5 Å². The minimum Gasteiger partial charge on any atom is -0.493 e. The Morgan fingerprint density at radius 3 is 2.34 bits per heavy atom. The second kappa shape index (κ2) is 12.9. The van der Waals surface area contributed by atoms with Crippen molar-refractivity contribution in [3.05, 3.63) is 60.4 Å². The lowest BCUT2D eigenvalue weighted by Crippen LogP contribution is -2.43. The van der Waals surface area contributed by atoms with E-state index in [-0.39, 0.29) is 23.1 Å². The molecule has 0 saturated heterocycles. The molecule has 1 amide bonds. The van der Waals surface area contributed by atoms with Crippen molar-refractivity contribution in [2.24, 2.45) is 5.92 Å². The number of carbonyl (C=O) groups excluding carboxylic acids is 3. The molecule has 0 bridgehead atoms. The summed E-state index contributed by atoms with van der Waals surface area (Å²) in [4.78, 5) is 41.3. The van der Waals surface area contributed by atoms with E-state index in [0.717, 1.165) is 10.8 Å². The van der Waals surface area contributed by atoms with E-state index in [1.165, 1.54) is 33.2 Å². The highest BCUT2D eigenvalue weighted by atomic mass is 16.6. The van der Waals surface area contributed by atoms with Crippen molar-refractivity contribution in [3.8, 4) is 17.2 Å². The van der Waals surface area contributed by atoms with Gasteiger partial charge in [-0.1, -0.05) is 44.2 Å². The predicted octanol–water partition coefficient (Wildman–Crippen LogP) is 4.71. The molecule has 1 heterocycles. The molecule has 0 spiro atoms. The summed E-state index contributed by atoms with van der Waals surface area (Å²) in [6.45, 7) is 8.60. The van der Waals surface area contributed by atoms with E-state index >= 15 is 0 Å². The van der Waals surface area contributed by atoms with Crippen LogP contribution in [0.2, 0.25) is 0 Å². The van der Waals surface area contributed by atoms with Crippen LogP contribution in [0.3, 0.4) is 0 Å². The summed E-state index contributed by atoms with van der Waals surface area (Å²) in [7, 11) is 1.37. The maximum Gasteiger partial charge on any atom is 0.328 e. The molecule has 0 aliphatic rings. The molecule has 202 valence electrons. The zero-order chi connectivity index (χ0) is 27.8. The number of nitrogens with one attached hydrogen (secondary N) is 1. The minimum atomic E-state index is -1.01. The van der Waals surface area contributed by atoms with Crippen molar-refractivity contribution < 1.29 is 33.3 Å². The number of carbonyl (C=O) groups is 3. The highest BCUT2D eigenvalue weighted by molar-refractivity contribution is 5.98. The smallest absolute Gasteiger partial charge is 0.328 e. The Balaban J connectivity index is 1.69. The normalized spacial score (nSPS) is 13.3. The highest BCUT2D eigenvalue weighted by Gasteiger charge is 2.29. The number of amides is 1. The van der Waals surface area contributed by atoms with Gasteiger partial charge in [-0.15, -0.1) is 0 Å². The average Bonchev–Trinajstić information content (AvgIpc) is 2.87. The standard InChI is InChI=1S/C29H34N2O7/c1-17(2)15-25(38-23-12-11-21-9-7-8-10-22(21)16-23)19(4)36-29(34)18(3)31-28(33)26-27(37-20(5)32)24(35-6)13-14-30-26/h7-14,16-19,25H,15H2,1-6H3,(H,31,33)/t18-,19-,25+/m0/s1. The van der Waals surface area contributed by atoms with Crippen LogP contribution in [-0.2, 0) is 14.3 Å². The molecule has 2 aromatic carbocycles. The lowest BCUT2D eigenvalue weighted by Gasteiger charge is -2.27. The Morgan fingerprint density at radius 2 is 1.68 bits per heavy atom. The fourth-order valence-corrected chi connectivity index (χ4v) is 3.90. The van der Waals surface area contributed by atoms with Crippen LogP contribution in [-0.4, -0.2) is 48.2 Å². The number of methoxy groups -OCH3 is 1. The van der Waals surface area contributed by atoms with Crippen LogP contribution in [0.4, 0.5) is 0 Å². The summed E-state index contributed by atoms with van der Waals surface area (Å²) in [6.07, 6.45) is 0.995. The second-order valence-electron chi connectivity index (χ2n) is 9.42. The average molecular weight is 523 g/mol. The van der Waals surface area contributed by atoms with Gasteiger partial charge in [-0.05, 0) is 49.1 Å². The van der Waals surface area contributed by atoms with Gasteiger partial charge < -0.3 is 24.3 Å². The number of ether oxygens (including phenoxy) is 4. The van der Waals surface area contributed by atoms with Crippen LogP contribution in [0.15, 0.2) is 54.7 Å². The van der Waals surface area contributed by atoms with Gasteiger partial charge >= 0.3 is 11.9 Å². The molecule has 1 N–H and O–H groups in total. The van der Waals surface area contributed by atoms with E-state index < -0.39 is 36.1 Å². The Morgan fingerprint density at radius 1 is 0.974 bits per heavy atom. The fraction of sp³-hybridized carbons (Fsp3) is 0.379. The quantitative estimate of drug-likeness (QED) is 0.360. The minimum absolute atomic E-state index is 0.130. The van der Waals surface area contributed by atoms with Gasteiger partial charge in [0, 0.05) is 19.2 Å². The van der Waals surface area contributed by atoms with Gasteiger partial charge in [-0.3, -0.25) is 9.59 Å². The lowest BCUT2D eigenvalue weighted by atomic mass is 10.0. The molecule has 0 fully saturated rings. The van der Waals surface area contributed by atoms with E-state index in [1.54, 1.807) is 6.92 Å². The van der Waals surface area contributed by atoms with Crippen molar-refractivity contribution in [3.63, 3.8) is 0 Å². The first kappa shape index (κ1) is 28.4. The van der Waals surface area contributed by atoms with Crippen LogP contribution >= 0.6 is 0 Å². The molecule has 3 rings (SSSR count). The number of pyridine rings is 1. The molecular formula is C29H34N2O7. The third-order valence-electron chi connectivity index (χ3n) is 5.79. The van der Waals surface area contributed by atoms with Gasteiger partial charge in [0.1, 0.15) is 24.0 Å². The number of aromatic nitrogens is 1. The zero-order valence-corrected chi connectivity index (χ0v) is 22.5. The molecule has 3 aromatic rings. The first-order valence-electron chi connectivity index (χ1n) is 12.5. The van der Waals surface area contributed by atoms with Gasteiger partial charge in [0.25, 0.3) is 5.91 Å². The third-order valence-corrected chi connectivity index (χ3v) is 5.79. The fourth-order valence-electron chi connectivity index (χ4n) is 3.90. The highest BCUT2D eigenvalue weighted by Crippen LogP contribution is 2.30. The van der Waals surface area contributed by atoms with E-state index in [4.69, 9.17) is 18.9 Å². The van der Waals surface area contributed by atoms with Gasteiger partial charge in [0.05, 0.1) is 7.11 Å². The summed E-state index contributed by atoms with van der Waals surface area (Å²) >= 11 is 0. The second-order valence-corrected chi connectivity index (χ2v) is 9.42. The van der Waals surface area contributed by atoms with Gasteiger partial charge in [-0.2, -0.15) is 0 Å². The maximum absolute atomic E-state index is 12.9. The summed E-state index contributed by atoms with van der Waals surface area (Å²) in [6, 6.07) is 14.3. The number of rotatable bonds is 11. The van der Waals surface area contributed by atoms with E-state index in [1.807, 2.05) is 42.5 Å². The third kappa shape index (κ3) is 7.44. The number of nitrogens with zero attached hydrogens (tertiary/aromatic N) is 1. The number of hydrogen-bond acceptors (Lipinski definition) is 8. The summed E-state index contributed by atoms with van der Waals surface area (Å²) < 4.78 is 22.3. The van der Waals surface area contributed by atoms with E-state index in [0.29, 0.717) is 12.2 Å².